The van der Waals surface area contributed by atoms with Gasteiger partial charge in [-0.05, 0) is 26.3 Å². The number of nitrogens with one attached hydrogen (secondary N) is 3. The lowest BCUT2D eigenvalue weighted by Crippen LogP contribution is -2.61. The molecule has 0 bridgehead atoms. The number of carboxylic acids is 1. The van der Waals surface area contributed by atoms with Gasteiger partial charge in [0.05, 0.1) is 38.3 Å². The predicted octanol–water partition coefficient (Wildman–Crippen LogP) is -1.38. The van der Waals surface area contributed by atoms with Crippen LogP contribution in [0.15, 0.2) is 30.3 Å². The fourth-order valence-corrected chi connectivity index (χ4v) is 2.71. The Hall–Kier alpha value is -3.95. The number of carbonyl (C=O) groups is 5. The van der Waals surface area contributed by atoms with E-state index in [1.807, 2.05) is 5.43 Å². The highest BCUT2D eigenvalue weighted by Gasteiger charge is 2.30. The Labute approximate surface area is 214 Å². The minimum absolute atomic E-state index is 0.0438. The average molecular weight is 526 g/mol. The number of carbonyl (C=O) groups excluding carboxylic acids is 4. The molecule has 0 spiro atoms. The number of hydrogen-bond donors (Lipinski definition) is 7. The summed E-state index contributed by atoms with van der Waals surface area (Å²) in [5, 5.41) is 24.5. The van der Waals surface area contributed by atoms with Crippen LogP contribution in [0.1, 0.15) is 32.8 Å². The van der Waals surface area contributed by atoms with Crippen molar-refractivity contribution in [3.8, 4) is 0 Å². The Kier molecular flexibility index (Phi) is 12.2. The summed E-state index contributed by atoms with van der Waals surface area (Å²) < 4.78 is 5.61. The van der Waals surface area contributed by atoms with Crippen molar-refractivity contribution in [2.75, 3.05) is 19.8 Å². The van der Waals surface area contributed by atoms with Crippen LogP contribution in [0.4, 0.5) is 9.59 Å². The van der Waals surface area contributed by atoms with Crippen LogP contribution in [0.25, 0.3) is 0 Å². The van der Waals surface area contributed by atoms with Gasteiger partial charge in [0.25, 0.3) is 5.91 Å². The Morgan fingerprint density at radius 2 is 1.65 bits per heavy atom. The van der Waals surface area contributed by atoms with E-state index in [1.165, 1.54) is 0 Å². The molecule has 9 N–H and O–H groups in total. The quantitative estimate of drug-likeness (QED) is 0.0967. The zero-order valence-corrected chi connectivity index (χ0v) is 21.0. The molecular formula is C22H35N7O8. The fourth-order valence-electron chi connectivity index (χ4n) is 2.71. The van der Waals surface area contributed by atoms with Crippen LogP contribution in [0.2, 0.25) is 0 Å². The van der Waals surface area contributed by atoms with Crippen molar-refractivity contribution in [1.29, 1.82) is 0 Å². The Bertz CT molecular complexity index is 939. The monoisotopic (exact) mass is 525 g/mol. The number of aliphatic hydroxyl groups excluding tert-OH is 1. The zero-order chi connectivity index (χ0) is 28.2. The molecule has 2 atom stereocenters. The molecule has 0 fully saturated rings. The van der Waals surface area contributed by atoms with Crippen LogP contribution in [0, 0.1) is 0 Å². The van der Waals surface area contributed by atoms with E-state index >= 15 is 0 Å². The van der Waals surface area contributed by atoms with Gasteiger partial charge in [-0.2, -0.15) is 0 Å². The first-order chi connectivity index (χ1) is 17.2. The average Bonchev–Trinajstić information content (AvgIpc) is 2.81. The lowest BCUT2D eigenvalue weighted by atomic mass is 10.2. The summed E-state index contributed by atoms with van der Waals surface area (Å²) in [6.45, 7) is 3.60. The van der Waals surface area contributed by atoms with Crippen molar-refractivity contribution < 1.29 is 38.9 Å². The van der Waals surface area contributed by atoms with Gasteiger partial charge in [0.1, 0.15) is 12.1 Å². The number of carboxylic acid groups (broad SMARTS) is 1. The first kappa shape index (κ1) is 31.1. The molecule has 206 valence electrons. The summed E-state index contributed by atoms with van der Waals surface area (Å²) in [6.07, 6.45) is -0.518. The number of urea groups is 2. The van der Waals surface area contributed by atoms with Gasteiger partial charge >= 0.3 is 18.0 Å². The molecule has 15 heteroatoms. The van der Waals surface area contributed by atoms with Gasteiger partial charge in [0.15, 0.2) is 0 Å². The molecule has 0 saturated heterocycles. The molecule has 0 aromatic heterocycles. The Morgan fingerprint density at radius 1 is 1.03 bits per heavy atom. The van der Waals surface area contributed by atoms with Crippen molar-refractivity contribution in [2.45, 2.75) is 51.4 Å². The van der Waals surface area contributed by atoms with Gasteiger partial charge in [-0.25, -0.2) is 20.4 Å². The van der Waals surface area contributed by atoms with E-state index in [0.717, 1.165) is 10.6 Å². The summed E-state index contributed by atoms with van der Waals surface area (Å²) in [5.41, 5.74) is 7.23. The number of benzene rings is 1. The third kappa shape index (κ3) is 12.0. The maximum atomic E-state index is 12.9. The molecule has 0 saturated carbocycles. The van der Waals surface area contributed by atoms with E-state index < -0.39 is 67.1 Å². The summed E-state index contributed by atoms with van der Waals surface area (Å²) in [5.74, 6) is 2.66. The SMILES string of the molecule is CC(C)(C)OC[C@H](NC(=O)N(N)Cc1ccccc1)C(=O)N[C@@H](CO)C(=O)NN(CCC(=O)O)C(N)=O. The van der Waals surface area contributed by atoms with Crippen molar-refractivity contribution in [1.82, 2.24) is 26.1 Å². The maximum Gasteiger partial charge on any atom is 0.333 e. The van der Waals surface area contributed by atoms with Crippen LogP contribution < -0.4 is 27.6 Å². The summed E-state index contributed by atoms with van der Waals surface area (Å²) >= 11 is 0. The van der Waals surface area contributed by atoms with Crippen LogP contribution in [-0.2, 0) is 25.7 Å². The highest BCUT2D eigenvalue weighted by molar-refractivity contribution is 5.92. The molecule has 0 aliphatic carbocycles. The number of nitrogens with zero attached hydrogens (tertiary/aromatic N) is 2. The number of nitrogens with two attached hydrogens (primary N) is 2. The second-order valence-corrected chi connectivity index (χ2v) is 8.89. The van der Waals surface area contributed by atoms with Gasteiger partial charge in [0.2, 0.25) is 5.91 Å². The molecule has 0 aliphatic heterocycles. The number of aliphatic carboxylic acids is 1. The van der Waals surface area contributed by atoms with Crippen molar-refractivity contribution in [3.05, 3.63) is 35.9 Å². The maximum absolute atomic E-state index is 12.9. The number of ether oxygens (including phenoxy) is 1. The molecule has 1 rings (SSSR count). The van der Waals surface area contributed by atoms with E-state index in [9.17, 15) is 29.1 Å². The van der Waals surface area contributed by atoms with Gasteiger partial charge in [-0.15, -0.1) is 0 Å². The second kappa shape index (κ2) is 14.6. The van der Waals surface area contributed by atoms with Gasteiger partial charge in [-0.3, -0.25) is 24.8 Å². The number of hydrazine groups is 2. The van der Waals surface area contributed by atoms with Gasteiger partial charge < -0.3 is 31.3 Å². The molecule has 0 unspecified atom stereocenters. The largest absolute Gasteiger partial charge is 0.481 e. The van der Waals surface area contributed by atoms with Crippen LogP contribution in [0.5, 0.6) is 0 Å². The molecule has 0 aliphatic rings. The van der Waals surface area contributed by atoms with Crippen LogP contribution >= 0.6 is 0 Å². The fraction of sp³-hybridized carbons (Fsp3) is 0.500. The number of amides is 6. The van der Waals surface area contributed by atoms with Crippen molar-refractivity contribution in [3.63, 3.8) is 0 Å². The molecule has 6 amide bonds. The highest BCUT2D eigenvalue weighted by atomic mass is 16.5. The van der Waals surface area contributed by atoms with E-state index in [4.69, 9.17) is 21.4 Å². The second-order valence-electron chi connectivity index (χ2n) is 8.89. The summed E-state index contributed by atoms with van der Waals surface area (Å²) in [4.78, 5) is 60.3. The van der Waals surface area contributed by atoms with E-state index in [2.05, 4.69) is 10.6 Å². The minimum Gasteiger partial charge on any atom is -0.481 e. The first-order valence-electron chi connectivity index (χ1n) is 11.2. The molecule has 15 nitrogen and oxygen atoms in total. The van der Waals surface area contributed by atoms with Gasteiger partial charge in [0, 0.05) is 0 Å². The standard InChI is InChI=1S/C22H35N7O8/c1-22(2,3)37-13-16(26-21(36)28(24)11-14-7-5-4-6-8-14)18(33)25-15(12-30)19(34)27-29(20(23)35)10-9-17(31)32/h4-8,15-16,30H,9-13,24H2,1-3H3,(H2,23,35)(H,25,33)(H,26,36)(H,27,34)(H,31,32)/t15-,16-/m0/s1. The zero-order valence-electron chi connectivity index (χ0n) is 21.0. The number of hydrogen-bond acceptors (Lipinski definition) is 8. The number of primary amides is 1. The lowest BCUT2D eigenvalue weighted by Gasteiger charge is -2.28. The van der Waals surface area contributed by atoms with E-state index in [1.54, 1.807) is 51.1 Å². The third-order valence-corrected chi connectivity index (χ3v) is 4.63. The minimum atomic E-state index is -1.58. The molecule has 37 heavy (non-hydrogen) atoms. The van der Waals surface area contributed by atoms with Crippen LogP contribution in [0.3, 0.4) is 0 Å². The summed E-state index contributed by atoms with van der Waals surface area (Å²) in [6, 6.07) is 4.01. The van der Waals surface area contributed by atoms with Gasteiger partial charge in [-0.1, -0.05) is 30.3 Å². The third-order valence-electron chi connectivity index (χ3n) is 4.63. The van der Waals surface area contributed by atoms with Crippen molar-refractivity contribution >= 4 is 29.8 Å². The smallest absolute Gasteiger partial charge is 0.333 e. The van der Waals surface area contributed by atoms with E-state index in [-0.39, 0.29) is 13.2 Å². The molecule has 1 aromatic carbocycles. The van der Waals surface area contributed by atoms with Crippen LogP contribution in [-0.4, -0.2) is 87.5 Å². The number of rotatable bonds is 12. The Balaban J connectivity index is 2.91. The summed E-state index contributed by atoms with van der Waals surface area (Å²) in [7, 11) is 0. The van der Waals surface area contributed by atoms with E-state index in [0.29, 0.717) is 5.01 Å². The molecule has 0 heterocycles. The predicted molar refractivity (Wildman–Crippen MR) is 130 cm³/mol. The highest BCUT2D eigenvalue weighted by Crippen LogP contribution is 2.08. The normalized spacial score (nSPS) is 12.6. The number of aliphatic hydroxyl groups is 1. The molecule has 0 radical (unpaired) electrons. The Morgan fingerprint density at radius 3 is 2.16 bits per heavy atom. The topological polar surface area (TPSA) is 230 Å². The lowest BCUT2D eigenvalue weighted by molar-refractivity contribution is -0.138. The first-order valence-corrected chi connectivity index (χ1v) is 11.2. The molecular weight excluding hydrogens is 490 g/mol. The van der Waals surface area contributed by atoms with Crippen molar-refractivity contribution in [2.24, 2.45) is 11.6 Å². The molecule has 1 aromatic rings.